The maximum atomic E-state index is 11.6. The Bertz CT molecular complexity index is 610. The Morgan fingerprint density at radius 1 is 1.43 bits per heavy atom. The van der Waals surface area contributed by atoms with Crippen LogP contribution in [0.15, 0.2) is 0 Å². The van der Waals surface area contributed by atoms with Gasteiger partial charge in [-0.1, -0.05) is 0 Å². The minimum Gasteiger partial charge on any atom is -1.00 e. The number of β-lactam (4-membered cyclic amide) rings is 1. The van der Waals surface area contributed by atoms with Crippen LogP contribution in [0.2, 0.25) is 0 Å². The number of carbonyl (C=O) groups is 4. The van der Waals surface area contributed by atoms with Crippen molar-refractivity contribution in [2.24, 2.45) is 5.92 Å². The molecule has 10 nitrogen and oxygen atoms in total. The van der Waals surface area contributed by atoms with Crippen molar-refractivity contribution < 1.29 is 63.1 Å². The molecule has 2 atom stereocenters. The fraction of sp³-hybridized carbons (Fsp3) is 0.556. The van der Waals surface area contributed by atoms with Crippen LogP contribution in [0.1, 0.15) is 14.3 Å². The Balaban J connectivity index is 0.00000220. The molecule has 0 aromatic rings. The maximum absolute atomic E-state index is 11.6. The summed E-state index contributed by atoms with van der Waals surface area (Å²) in [6.07, 6.45) is -0.366. The van der Waals surface area contributed by atoms with Crippen LogP contribution in [0.3, 0.4) is 0 Å². The van der Waals surface area contributed by atoms with Gasteiger partial charge in [-0.05, 0) is 0 Å². The van der Waals surface area contributed by atoms with Crippen molar-refractivity contribution in [2.45, 2.75) is 18.9 Å². The van der Waals surface area contributed by atoms with E-state index in [-0.39, 0.29) is 54.7 Å². The van der Waals surface area contributed by atoms with Gasteiger partial charge >= 0.3 is 39.9 Å². The molecule has 2 rings (SSSR count). The number of nitrogens with one attached hydrogen (secondary N) is 2. The Kier molecular flexibility index (Phi) is 5.50. The quantitative estimate of drug-likeness (QED) is 0.201. The van der Waals surface area contributed by atoms with Crippen molar-refractivity contribution in [2.75, 3.05) is 6.54 Å². The first kappa shape index (κ1) is 18.0. The van der Waals surface area contributed by atoms with Crippen molar-refractivity contribution in [3.05, 3.63) is 0 Å². The minimum atomic E-state index is -4.60. The molecule has 2 heterocycles. The van der Waals surface area contributed by atoms with Crippen molar-refractivity contribution in [3.8, 4) is 0 Å². The number of imide groups is 1. The average molecular weight is 329 g/mol. The van der Waals surface area contributed by atoms with Crippen LogP contribution >= 0.6 is 0 Å². The molecule has 2 aliphatic heterocycles. The predicted octanol–water partition coefficient (Wildman–Crippen LogP) is -5.71. The van der Waals surface area contributed by atoms with Crippen LogP contribution in [-0.4, -0.2) is 53.5 Å². The van der Waals surface area contributed by atoms with Crippen LogP contribution in [-0.2, 0) is 29.5 Å². The van der Waals surface area contributed by atoms with Gasteiger partial charge < -0.3 is 6.74 Å². The Morgan fingerprint density at radius 3 is 2.48 bits per heavy atom. The molecule has 4 amide bonds. The second kappa shape index (κ2) is 6.40. The first-order valence-corrected chi connectivity index (χ1v) is 7.00. The van der Waals surface area contributed by atoms with Crippen molar-refractivity contribution >= 4 is 33.9 Å². The number of nitrogens with zero attached hydrogens (tertiary/aromatic N) is 1. The van der Waals surface area contributed by atoms with E-state index in [0.29, 0.717) is 0 Å². The van der Waals surface area contributed by atoms with E-state index >= 15 is 0 Å². The Morgan fingerprint density at radius 2 is 2.05 bits per heavy atom. The zero-order chi connectivity index (χ0) is 15.1. The van der Waals surface area contributed by atoms with Crippen LogP contribution < -0.4 is 40.2 Å². The summed E-state index contributed by atoms with van der Waals surface area (Å²) in [4.78, 5) is 45.1. The van der Waals surface area contributed by atoms with Gasteiger partial charge in [0.05, 0.1) is 12.5 Å². The molecular formula is C9H12N3NaO7S. The zero-order valence-electron chi connectivity index (χ0n) is 12.0. The SMILES string of the molecule is O=C1CC(CC(=O)NC2CN(S(=O)(=O)O)C2=O)C(=O)N1.[H-].[Na+]. The molecule has 2 saturated heterocycles. The molecule has 0 saturated carbocycles. The average Bonchev–Trinajstić information content (AvgIpc) is 2.60. The van der Waals surface area contributed by atoms with E-state index in [4.69, 9.17) is 4.55 Å². The largest absolute Gasteiger partial charge is 1.00 e. The molecular weight excluding hydrogens is 317 g/mol. The van der Waals surface area contributed by atoms with Crippen LogP contribution in [0, 0.1) is 5.92 Å². The van der Waals surface area contributed by atoms with E-state index in [2.05, 4.69) is 5.32 Å². The normalized spacial score (nSPS) is 25.0. The molecule has 2 unspecified atom stereocenters. The fourth-order valence-electron chi connectivity index (χ4n) is 1.96. The molecule has 3 N–H and O–H groups in total. The van der Waals surface area contributed by atoms with Gasteiger partial charge in [0.25, 0.3) is 5.91 Å². The van der Waals surface area contributed by atoms with E-state index in [0.717, 1.165) is 0 Å². The minimum absolute atomic E-state index is 0. The molecule has 12 heteroatoms. The molecule has 0 aromatic carbocycles. The van der Waals surface area contributed by atoms with E-state index < -0.39 is 45.9 Å². The molecule has 2 fully saturated rings. The van der Waals surface area contributed by atoms with Gasteiger partial charge in [-0.25, -0.2) is 4.31 Å². The van der Waals surface area contributed by atoms with Gasteiger partial charge in [0, 0.05) is 12.8 Å². The van der Waals surface area contributed by atoms with Crippen LogP contribution in [0.4, 0.5) is 0 Å². The Labute approximate surface area is 143 Å². The van der Waals surface area contributed by atoms with Gasteiger partial charge in [0.1, 0.15) is 6.04 Å². The molecule has 0 spiro atoms. The van der Waals surface area contributed by atoms with E-state index in [1.165, 1.54) is 0 Å². The Hall–Kier alpha value is -1.01. The molecule has 2 aliphatic rings. The molecule has 0 radical (unpaired) electrons. The first-order chi connectivity index (χ1) is 9.18. The van der Waals surface area contributed by atoms with Gasteiger partial charge in [0.2, 0.25) is 17.7 Å². The molecule has 0 bridgehead atoms. The van der Waals surface area contributed by atoms with Crippen LogP contribution in [0.5, 0.6) is 0 Å². The van der Waals surface area contributed by atoms with Crippen LogP contribution in [0.25, 0.3) is 0 Å². The summed E-state index contributed by atoms with van der Waals surface area (Å²) in [5, 5.41) is 4.28. The standard InChI is InChI=1S/C9H11N3O7S.Na.H/c13-6(1-4-2-7(14)11-8(4)15)10-5-3-12(9(5)16)20(17,18)19;;/h4-5H,1-3H2,(H,10,13)(H,11,14,15)(H,17,18,19);;/q;+1;-1. The second-order valence-electron chi connectivity index (χ2n) is 4.48. The molecule has 21 heavy (non-hydrogen) atoms. The summed E-state index contributed by atoms with van der Waals surface area (Å²) in [7, 11) is -4.60. The summed E-state index contributed by atoms with van der Waals surface area (Å²) >= 11 is 0. The number of carbonyl (C=O) groups excluding carboxylic acids is 4. The fourth-order valence-corrected chi connectivity index (χ4v) is 2.65. The van der Waals surface area contributed by atoms with Crippen molar-refractivity contribution in [1.82, 2.24) is 14.9 Å². The van der Waals surface area contributed by atoms with E-state index in [1.54, 1.807) is 0 Å². The first-order valence-electron chi connectivity index (χ1n) is 5.60. The summed E-state index contributed by atoms with van der Waals surface area (Å²) in [6.45, 7) is -0.362. The number of rotatable bonds is 4. The summed E-state index contributed by atoms with van der Waals surface area (Å²) < 4.78 is 30.2. The van der Waals surface area contributed by atoms with Gasteiger partial charge in [-0.15, -0.1) is 0 Å². The third-order valence-corrected chi connectivity index (χ3v) is 3.89. The van der Waals surface area contributed by atoms with Gasteiger partial charge in [-0.2, -0.15) is 8.42 Å². The van der Waals surface area contributed by atoms with E-state index in [1.807, 2.05) is 5.32 Å². The maximum Gasteiger partial charge on any atom is 1.00 e. The summed E-state index contributed by atoms with van der Waals surface area (Å²) in [5.41, 5.74) is 0. The van der Waals surface area contributed by atoms with Gasteiger partial charge in [-0.3, -0.25) is 29.0 Å². The number of hydrogen-bond acceptors (Lipinski definition) is 6. The summed E-state index contributed by atoms with van der Waals surface area (Å²) in [5.74, 6) is -3.40. The monoisotopic (exact) mass is 329 g/mol. The third kappa shape index (κ3) is 4.01. The van der Waals surface area contributed by atoms with Gasteiger partial charge in [0.15, 0.2) is 0 Å². The van der Waals surface area contributed by atoms with Crippen molar-refractivity contribution in [1.29, 1.82) is 0 Å². The van der Waals surface area contributed by atoms with E-state index in [9.17, 15) is 27.6 Å². The zero-order valence-corrected chi connectivity index (χ0v) is 13.8. The predicted molar refractivity (Wildman–Crippen MR) is 62.2 cm³/mol. The molecule has 0 aliphatic carbocycles. The molecule has 0 aromatic heterocycles. The smallest absolute Gasteiger partial charge is 1.00 e. The topological polar surface area (TPSA) is 150 Å². The second-order valence-corrected chi connectivity index (χ2v) is 5.82. The summed E-state index contributed by atoms with van der Waals surface area (Å²) in [6, 6.07) is -1.05. The molecule has 112 valence electrons. The third-order valence-electron chi connectivity index (χ3n) is 3.00. The van der Waals surface area contributed by atoms with Crippen molar-refractivity contribution in [3.63, 3.8) is 0 Å². The number of amides is 4. The number of hydrogen-bond donors (Lipinski definition) is 3.